The molecule has 2 heterocycles. The molecule has 2 rings (SSSR count). The quantitative estimate of drug-likeness (QED) is 0.769. The fourth-order valence-electron chi connectivity index (χ4n) is 1.79. The summed E-state index contributed by atoms with van der Waals surface area (Å²) >= 11 is 6.12. The zero-order chi connectivity index (χ0) is 12.6. The van der Waals surface area contributed by atoms with Crippen LogP contribution < -0.4 is 0 Å². The smallest absolute Gasteiger partial charge is 0.166 e. The normalized spacial score (nSPS) is 10.9. The molecule has 0 N–H and O–H groups in total. The maximum atomic E-state index is 6.12. The molecule has 0 aromatic carbocycles. The Kier molecular flexibility index (Phi) is 3.15. The largest absolute Gasteiger partial charge is 0.361 e. The highest BCUT2D eigenvalue weighted by atomic mass is 35.5. The van der Waals surface area contributed by atoms with Crippen LogP contribution in [-0.4, -0.2) is 15.1 Å². The van der Waals surface area contributed by atoms with Crippen LogP contribution in [0.1, 0.15) is 29.6 Å². The van der Waals surface area contributed by atoms with Gasteiger partial charge in [-0.15, -0.1) is 0 Å². The summed E-state index contributed by atoms with van der Waals surface area (Å²) in [7, 11) is 0. The Morgan fingerprint density at radius 3 is 2.41 bits per heavy atom. The molecular weight excluding hydrogens is 238 g/mol. The van der Waals surface area contributed by atoms with Crippen molar-refractivity contribution in [1.29, 1.82) is 0 Å². The molecule has 0 saturated heterocycles. The highest BCUT2D eigenvalue weighted by Gasteiger charge is 2.17. The van der Waals surface area contributed by atoms with Crippen molar-refractivity contribution in [3.05, 3.63) is 27.9 Å². The lowest BCUT2D eigenvalue weighted by Gasteiger charge is -2.07. The van der Waals surface area contributed by atoms with Crippen LogP contribution in [0.15, 0.2) is 4.52 Å². The van der Waals surface area contributed by atoms with Crippen molar-refractivity contribution < 1.29 is 4.52 Å². The third-order valence-electron chi connectivity index (χ3n) is 2.78. The van der Waals surface area contributed by atoms with E-state index in [1.807, 2.05) is 27.7 Å². The molecule has 0 fully saturated rings. The number of aromatic nitrogens is 3. The van der Waals surface area contributed by atoms with Crippen molar-refractivity contribution in [2.75, 3.05) is 0 Å². The zero-order valence-electron chi connectivity index (χ0n) is 10.3. The van der Waals surface area contributed by atoms with Crippen molar-refractivity contribution >= 4 is 11.6 Å². The maximum Gasteiger partial charge on any atom is 0.166 e. The van der Waals surface area contributed by atoms with Crippen LogP contribution >= 0.6 is 11.6 Å². The summed E-state index contributed by atoms with van der Waals surface area (Å²) in [5.74, 6) is 1.30. The van der Waals surface area contributed by atoms with Gasteiger partial charge in [-0.1, -0.05) is 23.7 Å². The Hall–Kier alpha value is -1.42. The second-order valence-corrected chi connectivity index (χ2v) is 4.32. The number of rotatable bonds is 2. The first-order chi connectivity index (χ1) is 8.04. The van der Waals surface area contributed by atoms with Crippen LogP contribution in [0.5, 0.6) is 0 Å². The zero-order valence-corrected chi connectivity index (χ0v) is 11.1. The molecular formula is C12H14ClN3O. The number of hydrogen-bond acceptors (Lipinski definition) is 4. The first-order valence-corrected chi connectivity index (χ1v) is 5.88. The number of hydrogen-bond donors (Lipinski definition) is 0. The number of halogens is 1. The first kappa shape index (κ1) is 12.0. The van der Waals surface area contributed by atoms with Crippen LogP contribution in [0.3, 0.4) is 0 Å². The fourth-order valence-corrected chi connectivity index (χ4v) is 1.98. The van der Waals surface area contributed by atoms with Gasteiger partial charge in [0.05, 0.1) is 11.3 Å². The monoisotopic (exact) mass is 251 g/mol. The second kappa shape index (κ2) is 4.45. The molecule has 2 aromatic rings. The lowest BCUT2D eigenvalue weighted by molar-refractivity contribution is 0.393. The van der Waals surface area contributed by atoms with Gasteiger partial charge in [0.25, 0.3) is 0 Å². The maximum absolute atomic E-state index is 6.12. The topological polar surface area (TPSA) is 51.8 Å². The molecule has 0 saturated carbocycles. The molecule has 0 aliphatic heterocycles. The van der Waals surface area contributed by atoms with Crippen molar-refractivity contribution in [2.24, 2.45) is 0 Å². The summed E-state index contributed by atoms with van der Waals surface area (Å²) in [5.41, 5.74) is 3.51. The third kappa shape index (κ3) is 2.05. The standard InChI is InChI=1S/C12H14ClN3O/c1-5-9-6(2)11(13)15-12(14-9)10-7(3)16-17-8(10)4/h5H2,1-4H3. The lowest BCUT2D eigenvalue weighted by Crippen LogP contribution is -2.00. The van der Waals surface area contributed by atoms with Crippen LogP contribution in [0.25, 0.3) is 11.4 Å². The molecule has 0 aliphatic carbocycles. The van der Waals surface area contributed by atoms with E-state index in [0.29, 0.717) is 16.7 Å². The predicted octanol–water partition coefficient (Wildman–Crippen LogP) is 3.27. The highest BCUT2D eigenvalue weighted by Crippen LogP contribution is 2.26. The molecule has 0 amide bonds. The predicted molar refractivity (Wildman–Crippen MR) is 66.1 cm³/mol. The molecule has 0 radical (unpaired) electrons. The first-order valence-electron chi connectivity index (χ1n) is 5.50. The van der Waals surface area contributed by atoms with Crippen molar-refractivity contribution in [2.45, 2.75) is 34.1 Å². The minimum atomic E-state index is 0.492. The number of nitrogens with zero attached hydrogens (tertiary/aromatic N) is 3. The molecule has 5 heteroatoms. The van der Waals surface area contributed by atoms with E-state index in [9.17, 15) is 0 Å². The molecule has 4 nitrogen and oxygen atoms in total. The molecule has 0 bridgehead atoms. The Bertz CT molecular complexity index is 544. The van der Waals surface area contributed by atoms with E-state index in [0.717, 1.165) is 28.9 Å². The Balaban J connectivity index is 2.65. The van der Waals surface area contributed by atoms with Gasteiger partial charge in [-0.2, -0.15) is 0 Å². The van der Waals surface area contributed by atoms with E-state index >= 15 is 0 Å². The van der Waals surface area contributed by atoms with Crippen LogP contribution in [0, 0.1) is 20.8 Å². The van der Waals surface area contributed by atoms with Gasteiger partial charge in [-0.3, -0.25) is 0 Å². The Labute approximate surface area is 105 Å². The molecule has 0 aliphatic rings. The second-order valence-electron chi connectivity index (χ2n) is 3.96. The van der Waals surface area contributed by atoms with Gasteiger partial charge in [0.15, 0.2) is 5.82 Å². The summed E-state index contributed by atoms with van der Waals surface area (Å²) in [4.78, 5) is 8.82. The van der Waals surface area contributed by atoms with Gasteiger partial charge in [-0.25, -0.2) is 9.97 Å². The highest BCUT2D eigenvalue weighted by molar-refractivity contribution is 6.30. The average molecular weight is 252 g/mol. The van der Waals surface area contributed by atoms with Crippen molar-refractivity contribution in [1.82, 2.24) is 15.1 Å². The molecule has 0 spiro atoms. The Morgan fingerprint density at radius 2 is 1.88 bits per heavy atom. The van der Waals surface area contributed by atoms with Crippen molar-refractivity contribution in [3.8, 4) is 11.4 Å². The van der Waals surface area contributed by atoms with Gasteiger partial charge in [0.1, 0.15) is 10.9 Å². The molecule has 2 aromatic heterocycles. The van der Waals surface area contributed by atoms with Crippen LogP contribution in [0.4, 0.5) is 0 Å². The SMILES string of the molecule is CCc1nc(-c2c(C)noc2C)nc(Cl)c1C. The number of aryl methyl sites for hydroxylation is 3. The van der Waals surface area contributed by atoms with Gasteiger partial charge >= 0.3 is 0 Å². The van der Waals surface area contributed by atoms with Gasteiger partial charge in [0, 0.05) is 11.3 Å². The van der Waals surface area contributed by atoms with E-state index in [1.54, 1.807) is 0 Å². The molecule has 17 heavy (non-hydrogen) atoms. The molecule has 0 atom stereocenters. The summed E-state index contributed by atoms with van der Waals surface area (Å²) < 4.78 is 5.12. The third-order valence-corrected chi connectivity index (χ3v) is 3.15. The lowest BCUT2D eigenvalue weighted by atomic mass is 10.1. The minimum absolute atomic E-state index is 0.492. The van der Waals surface area contributed by atoms with Crippen LogP contribution in [0.2, 0.25) is 5.15 Å². The van der Waals surface area contributed by atoms with E-state index in [2.05, 4.69) is 15.1 Å². The van der Waals surface area contributed by atoms with E-state index in [-0.39, 0.29) is 0 Å². The van der Waals surface area contributed by atoms with E-state index < -0.39 is 0 Å². The van der Waals surface area contributed by atoms with Crippen LogP contribution in [-0.2, 0) is 6.42 Å². The average Bonchev–Trinajstić information content (AvgIpc) is 2.62. The summed E-state index contributed by atoms with van der Waals surface area (Å²) in [5, 5.41) is 4.39. The van der Waals surface area contributed by atoms with Gasteiger partial charge in [-0.05, 0) is 27.2 Å². The van der Waals surface area contributed by atoms with Gasteiger partial charge < -0.3 is 4.52 Å². The summed E-state index contributed by atoms with van der Waals surface area (Å²) in [6.07, 6.45) is 0.824. The van der Waals surface area contributed by atoms with Crippen molar-refractivity contribution in [3.63, 3.8) is 0 Å². The summed E-state index contributed by atoms with van der Waals surface area (Å²) in [6.45, 7) is 7.69. The Morgan fingerprint density at radius 1 is 1.18 bits per heavy atom. The van der Waals surface area contributed by atoms with Gasteiger partial charge in [0.2, 0.25) is 0 Å². The van der Waals surface area contributed by atoms with E-state index in [4.69, 9.17) is 16.1 Å². The molecule has 90 valence electrons. The van der Waals surface area contributed by atoms with E-state index in [1.165, 1.54) is 0 Å². The summed E-state index contributed by atoms with van der Waals surface area (Å²) in [6, 6.07) is 0. The fraction of sp³-hybridized carbons (Fsp3) is 0.417. The molecule has 0 unspecified atom stereocenters. The minimum Gasteiger partial charge on any atom is -0.361 e.